The van der Waals surface area contributed by atoms with Crippen LogP contribution in [0.5, 0.6) is 11.5 Å². The van der Waals surface area contributed by atoms with E-state index in [1.54, 1.807) is 26.4 Å². The zero-order valence-electron chi connectivity index (χ0n) is 13.9. The molecule has 5 nitrogen and oxygen atoms in total. The lowest BCUT2D eigenvalue weighted by Crippen LogP contribution is -2.44. The van der Waals surface area contributed by atoms with Gasteiger partial charge in [0.1, 0.15) is 17.5 Å². The fourth-order valence-electron chi connectivity index (χ4n) is 2.84. The second-order valence-corrected chi connectivity index (χ2v) is 6.30. The molecular weight excluding hydrogens is 316 g/mol. The predicted molar refractivity (Wildman–Crippen MR) is 92.7 cm³/mol. The standard InChI is InChI=1S/C17H25ClN2O3/c1-11(17(21)20-12-7-5-4-6-8-12)19-14-9-13(18)15(22-2)10-16(14)23-3/h9-12,19H,4-8H2,1-3H3,(H,20,21)/t11-/m1/s1. The summed E-state index contributed by atoms with van der Waals surface area (Å²) in [6, 6.07) is 3.33. The number of carbonyl (C=O) groups excluding carboxylic acids is 1. The van der Waals surface area contributed by atoms with Crippen LogP contribution in [0.4, 0.5) is 5.69 Å². The van der Waals surface area contributed by atoms with E-state index in [0.29, 0.717) is 28.3 Å². The van der Waals surface area contributed by atoms with Crippen LogP contribution in [0.25, 0.3) is 0 Å². The van der Waals surface area contributed by atoms with Crippen molar-refractivity contribution in [2.45, 2.75) is 51.1 Å². The summed E-state index contributed by atoms with van der Waals surface area (Å²) in [5.74, 6) is 1.11. The highest BCUT2D eigenvalue weighted by atomic mass is 35.5. The van der Waals surface area contributed by atoms with Gasteiger partial charge in [-0.3, -0.25) is 4.79 Å². The van der Waals surface area contributed by atoms with Gasteiger partial charge < -0.3 is 20.1 Å². The summed E-state index contributed by atoms with van der Waals surface area (Å²) in [5, 5.41) is 6.75. The Balaban J connectivity index is 2.02. The number of hydrogen-bond acceptors (Lipinski definition) is 4. The van der Waals surface area contributed by atoms with Gasteiger partial charge in [0.05, 0.1) is 24.9 Å². The highest BCUT2D eigenvalue weighted by molar-refractivity contribution is 6.32. The molecule has 2 rings (SSSR count). The number of benzene rings is 1. The van der Waals surface area contributed by atoms with Crippen molar-refractivity contribution < 1.29 is 14.3 Å². The van der Waals surface area contributed by atoms with Gasteiger partial charge in [0.15, 0.2) is 0 Å². The molecule has 0 aromatic heterocycles. The minimum absolute atomic E-state index is 0.00843. The molecule has 6 heteroatoms. The molecule has 0 heterocycles. The number of rotatable bonds is 6. The number of anilines is 1. The molecule has 1 aliphatic rings. The van der Waals surface area contributed by atoms with Crippen molar-refractivity contribution in [3.63, 3.8) is 0 Å². The van der Waals surface area contributed by atoms with Gasteiger partial charge in [-0.15, -0.1) is 0 Å². The third-order valence-electron chi connectivity index (χ3n) is 4.19. The van der Waals surface area contributed by atoms with E-state index in [0.717, 1.165) is 12.8 Å². The molecule has 0 unspecified atom stereocenters. The van der Waals surface area contributed by atoms with E-state index in [-0.39, 0.29) is 11.9 Å². The summed E-state index contributed by atoms with van der Waals surface area (Å²) < 4.78 is 10.5. The third kappa shape index (κ3) is 4.67. The molecule has 1 aromatic carbocycles. The summed E-state index contributed by atoms with van der Waals surface area (Å²) in [6.07, 6.45) is 5.78. The van der Waals surface area contributed by atoms with Crippen LogP contribution in [0.3, 0.4) is 0 Å². The average molecular weight is 341 g/mol. The van der Waals surface area contributed by atoms with Crippen LogP contribution in [0.2, 0.25) is 5.02 Å². The Morgan fingerprint density at radius 2 is 1.83 bits per heavy atom. The molecule has 2 N–H and O–H groups in total. The largest absolute Gasteiger partial charge is 0.495 e. The van der Waals surface area contributed by atoms with E-state index >= 15 is 0 Å². The average Bonchev–Trinajstić information content (AvgIpc) is 2.56. The predicted octanol–water partition coefficient (Wildman–Crippen LogP) is 3.61. The first-order valence-electron chi connectivity index (χ1n) is 8.03. The van der Waals surface area contributed by atoms with Crippen molar-refractivity contribution in [1.82, 2.24) is 5.32 Å². The van der Waals surface area contributed by atoms with Crippen LogP contribution in [0.15, 0.2) is 12.1 Å². The Kier molecular flexibility index (Phi) is 6.39. The molecule has 1 saturated carbocycles. The molecule has 1 amide bonds. The third-order valence-corrected chi connectivity index (χ3v) is 4.49. The van der Waals surface area contributed by atoms with Crippen LogP contribution < -0.4 is 20.1 Å². The lowest BCUT2D eigenvalue weighted by molar-refractivity contribution is -0.122. The van der Waals surface area contributed by atoms with E-state index in [1.165, 1.54) is 19.3 Å². The molecule has 0 radical (unpaired) electrons. The highest BCUT2D eigenvalue weighted by Crippen LogP contribution is 2.36. The minimum Gasteiger partial charge on any atom is -0.495 e. The molecule has 0 saturated heterocycles. The molecular formula is C17H25ClN2O3. The smallest absolute Gasteiger partial charge is 0.242 e. The number of halogens is 1. The quantitative estimate of drug-likeness (QED) is 0.830. The molecule has 1 aliphatic carbocycles. The second kappa shape index (κ2) is 8.29. The summed E-state index contributed by atoms with van der Waals surface area (Å²) in [7, 11) is 3.12. The van der Waals surface area contributed by atoms with Crippen molar-refractivity contribution >= 4 is 23.2 Å². The summed E-state index contributed by atoms with van der Waals surface area (Å²) in [5.41, 5.74) is 0.671. The molecule has 0 spiro atoms. The lowest BCUT2D eigenvalue weighted by Gasteiger charge is -2.25. The Morgan fingerprint density at radius 3 is 2.43 bits per heavy atom. The Morgan fingerprint density at radius 1 is 1.17 bits per heavy atom. The lowest BCUT2D eigenvalue weighted by atomic mass is 9.95. The Hall–Kier alpha value is -1.62. The van der Waals surface area contributed by atoms with E-state index in [9.17, 15) is 4.79 Å². The zero-order valence-corrected chi connectivity index (χ0v) is 14.7. The fourth-order valence-corrected chi connectivity index (χ4v) is 3.09. The van der Waals surface area contributed by atoms with Crippen molar-refractivity contribution in [3.05, 3.63) is 17.2 Å². The first-order valence-corrected chi connectivity index (χ1v) is 8.41. The molecule has 0 bridgehead atoms. The van der Waals surface area contributed by atoms with Crippen molar-refractivity contribution in [1.29, 1.82) is 0 Å². The van der Waals surface area contributed by atoms with Crippen molar-refractivity contribution in [3.8, 4) is 11.5 Å². The maximum Gasteiger partial charge on any atom is 0.242 e. The number of carbonyl (C=O) groups is 1. The van der Waals surface area contributed by atoms with Crippen LogP contribution in [-0.4, -0.2) is 32.2 Å². The molecule has 1 aromatic rings. The SMILES string of the molecule is COc1cc(OC)c(N[C@H](C)C(=O)NC2CCCCC2)cc1Cl. The summed E-state index contributed by atoms with van der Waals surface area (Å²) >= 11 is 6.16. The minimum atomic E-state index is -0.379. The number of nitrogens with one attached hydrogen (secondary N) is 2. The van der Waals surface area contributed by atoms with Crippen LogP contribution >= 0.6 is 11.6 Å². The van der Waals surface area contributed by atoms with Gasteiger partial charge in [0.2, 0.25) is 5.91 Å². The van der Waals surface area contributed by atoms with E-state index in [4.69, 9.17) is 21.1 Å². The van der Waals surface area contributed by atoms with Crippen LogP contribution in [0.1, 0.15) is 39.0 Å². The van der Waals surface area contributed by atoms with Crippen molar-refractivity contribution in [2.75, 3.05) is 19.5 Å². The summed E-state index contributed by atoms with van der Waals surface area (Å²) in [4.78, 5) is 12.4. The van der Waals surface area contributed by atoms with Gasteiger partial charge in [-0.05, 0) is 25.8 Å². The number of ether oxygens (including phenoxy) is 2. The first kappa shape index (κ1) is 17.7. The van der Waals surface area contributed by atoms with Gasteiger partial charge in [0.25, 0.3) is 0 Å². The maximum absolute atomic E-state index is 12.4. The summed E-state index contributed by atoms with van der Waals surface area (Å²) in [6.45, 7) is 1.83. The Labute approximate surface area is 142 Å². The van der Waals surface area contributed by atoms with Crippen LogP contribution in [0, 0.1) is 0 Å². The molecule has 0 aliphatic heterocycles. The van der Waals surface area contributed by atoms with Gasteiger partial charge in [-0.2, -0.15) is 0 Å². The first-order chi connectivity index (χ1) is 11.0. The maximum atomic E-state index is 12.4. The number of hydrogen-bond donors (Lipinski definition) is 2. The number of amides is 1. The second-order valence-electron chi connectivity index (χ2n) is 5.90. The zero-order chi connectivity index (χ0) is 16.8. The molecule has 1 fully saturated rings. The van der Waals surface area contributed by atoms with Gasteiger partial charge in [-0.25, -0.2) is 0 Å². The van der Waals surface area contributed by atoms with Gasteiger partial charge >= 0.3 is 0 Å². The van der Waals surface area contributed by atoms with Crippen molar-refractivity contribution in [2.24, 2.45) is 0 Å². The van der Waals surface area contributed by atoms with Gasteiger partial charge in [-0.1, -0.05) is 30.9 Å². The molecule has 128 valence electrons. The normalized spacial score (nSPS) is 16.5. The topological polar surface area (TPSA) is 59.6 Å². The molecule has 23 heavy (non-hydrogen) atoms. The fraction of sp³-hybridized carbons (Fsp3) is 0.588. The van der Waals surface area contributed by atoms with Crippen LogP contribution in [-0.2, 0) is 4.79 Å². The van der Waals surface area contributed by atoms with E-state index in [2.05, 4.69) is 10.6 Å². The Bertz CT molecular complexity index is 545. The van der Waals surface area contributed by atoms with Gasteiger partial charge in [0, 0.05) is 12.1 Å². The number of methoxy groups -OCH3 is 2. The van der Waals surface area contributed by atoms with E-state index < -0.39 is 0 Å². The highest BCUT2D eigenvalue weighted by Gasteiger charge is 2.21. The monoisotopic (exact) mass is 340 g/mol. The van der Waals surface area contributed by atoms with E-state index in [1.807, 2.05) is 6.92 Å². The molecule has 1 atom stereocenters.